The smallest absolute Gasteiger partial charge is 0.413 e. The fraction of sp³-hybridized carbons (Fsp3) is 0.676. The van der Waals surface area contributed by atoms with E-state index in [9.17, 15) is 14.9 Å². The van der Waals surface area contributed by atoms with Crippen molar-refractivity contribution in [1.82, 2.24) is 10.2 Å². The van der Waals surface area contributed by atoms with Gasteiger partial charge in [-0.3, -0.25) is 20.5 Å². The second-order valence-corrected chi connectivity index (χ2v) is 16.0. The van der Waals surface area contributed by atoms with Crippen LogP contribution in [-0.4, -0.2) is 27.3 Å². The monoisotopic (exact) mass is 659 g/mol. The zero-order valence-corrected chi connectivity index (χ0v) is 29.2. The molecule has 3 fully saturated rings. The summed E-state index contributed by atoms with van der Waals surface area (Å²) in [6, 6.07) is 5.64. The molecule has 0 radical (unpaired) electrons. The number of carbonyl (C=O) groups is 1. The molecule has 8 atom stereocenters. The maximum Gasteiger partial charge on any atom is 0.413 e. The number of ether oxygens (including phenoxy) is 1. The largest absolute Gasteiger partial charge is 0.446 e. The highest BCUT2D eigenvalue weighted by molar-refractivity contribution is 5.89. The first-order chi connectivity index (χ1) is 22.9. The van der Waals surface area contributed by atoms with E-state index in [0.29, 0.717) is 17.0 Å². The van der Waals surface area contributed by atoms with Gasteiger partial charge in [0.15, 0.2) is 11.5 Å². The Bertz CT molecular complexity index is 1550. The van der Waals surface area contributed by atoms with Crippen molar-refractivity contribution in [2.75, 3.05) is 11.1 Å². The zero-order valence-electron chi connectivity index (χ0n) is 29.2. The highest BCUT2D eigenvalue weighted by Gasteiger charge is 2.59. The number of nitrogens with two attached hydrogens (primary N) is 1. The standard InChI is InChI=1S/C37H53N7O4/c1-22(2)7-6-8-23(3)29-15-16-30-28-14-9-24-21-27(17-19-36(24,4)31(28)18-20-37(29,30)5)48-35(45)39-34-32(33(38)42-43-34)41-40-25-10-12-26(13-11-25)44(46)47/h9-13,22-23,27-31H,6-8,14-21H2,1-5H3,(H4,38,39,42,43,45)/t23-,27?,28+,29-,30+,31+,36+,37-/m1/s1. The molecule has 11 heteroatoms. The van der Waals surface area contributed by atoms with E-state index in [1.165, 1.54) is 74.8 Å². The van der Waals surface area contributed by atoms with Crippen molar-refractivity contribution >= 4 is 34.8 Å². The Morgan fingerprint density at radius 2 is 1.88 bits per heavy atom. The predicted octanol–water partition coefficient (Wildman–Crippen LogP) is 10.3. The van der Waals surface area contributed by atoms with Crippen molar-refractivity contribution < 1.29 is 14.5 Å². The van der Waals surface area contributed by atoms with Crippen LogP contribution in [0.25, 0.3) is 0 Å². The number of hydrogen-bond acceptors (Lipinski definition) is 8. The van der Waals surface area contributed by atoms with Crippen LogP contribution in [0.15, 0.2) is 46.1 Å². The SMILES string of the molecule is CC(C)CCC[C@@H](C)[C@H]1CC[C@H]2[C@@H]3CC=C4CC(OC(=O)Nc5n[nH]c(N)c5N=Nc5ccc([N+](=O)[O-])cc5)CC[C@]4(C)[C@H]3CC[C@]12C. The van der Waals surface area contributed by atoms with Gasteiger partial charge < -0.3 is 10.5 Å². The normalized spacial score (nSPS) is 31.9. The molecule has 1 amide bonds. The van der Waals surface area contributed by atoms with Crippen molar-refractivity contribution in [3.63, 3.8) is 0 Å². The lowest BCUT2D eigenvalue weighted by atomic mass is 9.47. The number of H-pyrrole nitrogens is 1. The highest BCUT2D eigenvalue weighted by atomic mass is 16.6. The first-order valence-electron chi connectivity index (χ1n) is 18.1. The van der Waals surface area contributed by atoms with E-state index < -0.39 is 11.0 Å². The fourth-order valence-electron chi connectivity index (χ4n) is 10.3. The maximum absolute atomic E-state index is 13.0. The van der Waals surface area contributed by atoms with E-state index in [4.69, 9.17) is 10.5 Å². The van der Waals surface area contributed by atoms with Crippen LogP contribution < -0.4 is 11.1 Å². The third kappa shape index (κ3) is 6.61. The number of nitro benzene ring substituents is 1. The number of aromatic nitrogens is 2. The minimum Gasteiger partial charge on any atom is -0.446 e. The Labute approximate surface area is 284 Å². The molecule has 11 nitrogen and oxygen atoms in total. The third-order valence-electron chi connectivity index (χ3n) is 12.8. The van der Waals surface area contributed by atoms with Crippen LogP contribution in [-0.2, 0) is 4.74 Å². The molecule has 48 heavy (non-hydrogen) atoms. The van der Waals surface area contributed by atoms with Crippen molar-refractivity contribution in [3.8, 4) is 0 Å². The first kappa shape index (κ1) is 34.1. The van der Waals surface area contributed by atoms with Crippen LogP contribution in [0.1, 0.15) is 105 Å². The molecule has 1 aromatic heterocycles. The molecule has 1 aromatic carbocycles. The Hall–Kier alpha value is -3.76. The van der Waals surface area contributed by atoms with E-state index in [2.05, 4.69) is 66.4 Å². The Balaban J connectivity index is 1.06. The summed E-state index contributed by atoms with van der Waals surface area (Å²) in [4.78, 5) is 23.5. The number of aromatic amines is 1. The minimum absolute atomic E-state index is 0.0460. The van der Waals surface area contributed by atoms with E-state index >= 15 is 0 Å². The topological polar surface area (TPSA) is 161 Å². The summed E-state index contributed by atoms with van der Waals surface area (Å²) in [5.41, 5.74) is 8.61. The van der Waals surface area contributed by atoms with Crippen molar-refractivity contribution in [2.45, 2.75) is 111 Å². The molecule has 6 rings (SSSR count). The molecule has 1 heterocycles. The van der Waals surface area contributed by atoms with Crippen molar-refractivity contribution in [1.29, 1.82) is 0 Å². The molecule has 4 aliphatic rings. The lowest BCUT2D eigenvalue weighted by molar-refractivity contribution is -0.384. The average Bonchev–Trinajstić information content (AvgIpc) is 3.58. The van der Waals surface area contributed by atoms with E-state index in [-0.39, 0.29) is 34.5 Å². The number of nitrogen functional groups attached to an aromatic ring is 1. The van der Waals surface area contributed by atoms with Crippen LogP contribution in [0, 0.1) is 56.5 Å². The second kappa shape index (κ2) is 13.6. The molecule has 1 unspecified atom stereocenters. The quantitative estimate of drug-likeness (QED) is 0.0995. The zero-order chi connectivity index (χ0) is 34.2. The lowest BCUT2D eigenvalue weighted by Gasteiger charge is -2.58. The summed E-state index contributed by atoms with van der Waals surface area (Å²) in [7, 11) is 0. The summed E-state index contributed by atoms with van der Waals surface area (Å²) in [6.07, 6.45) is 15.0. The van der Waals surface area contributed by atoms with Gasteiger partial charge in [-0.25, -0.2) is 4.79 Å². The average molecular weight is 660 g/mol. The van der Waals surface area contributed by atoms with Gasteiger partial charge in [0.2, 0.25) is 0 Å². The summed E-state index contributed by atoms with van der Waals surface area (Å²) < 4.78 is 5.94. The van der Waals surface area contributed by atoms with E-state index in [0.717, 1.165) is 55.3 Å². The molecule has 0 spiro atoms. The minimum atomic E-state index is -0.607. The van der Waals surface area contributed by atoms with Gasteiger partial charge >= 0.3 is 6.09 Å². The van der Waals surface area contributed by atoms with E-state index in [1.807, 2.05) is 0 Å². The van der Waals surface area contributed by atoms with Gasteiger partial charge in [-0.1, -0.05) is 65.5 Å². The van der Waals surface area contributed by atoms with Gasteiger partial charge in [-0.15, -0.1) is 5.11 Å². The number of fused-ring (bicyclic) bond motifs is 5. The molecule has 4 aliphatic carbocycles. The number of nitrogens with one attached hydrogen (secondary N) is 2. The summed E-state index contributed by atoms with van der Waals surface area (Å²) in [5.74, 6) is 4.98. The number of anilines is 2. The number of carbonyl (C=O) groups excluding carboxylic acids is 1. The summed E-state index contributed by atoms with van der Waals surface area (Å²) in [5, 5.41) is 28.5. The summed E-state index contributed by atoms with van der Waals surface area (Å²) in [6.45, 7) is 12.4. The summed E-state index contributed by atoms with van der Waals surface area (Å²) >= 11 is 0. The van der Waals surface area contributed by atoms with Gasteiger partial charge in [0.25, 0.3) is 5.69 Å². The Morgan fingerprint density at radius 3 is 2.60 bits per heavy atom. The number of amides is 1. The molecular formula is C37H53N7O4. The third-order valence-corrected chi connectivity index (χ3v) is 12.8. The van der Waals surface area contributed by atoms with Gasteiger partial charge in [0, 0.05) is 18.6 Å². The number of azo groups is 1. The number of benzene rings is 1. The molecule has 4 N–H and O–H groups in total. The number of nitro groups is 1. The molecule has 0 aliphatic heterocycles. The van der Waals surface area contributed by atoms with Crippen LogP contribution in [0.3, 0.4) is 0 Å². The van der Waals surface area contributed by atoms with Crippen molar-refractivity contribution in [3.05, 3.63) is 46.0 Å². The molecule has 2 aromatic rings. The molecule has 260 valence electrons. The number of hydrogen-bond donors (Lipinski definition) is 3. The van der Waals surface area contributed by atoms with Gasteiger partial charge in [-0.2, -0.15) is 10.2 Å². The molecule has 3 saturated carbocycles. The van der Waals surface area contributed by atoms with Crippen LogP contribution in [0.4, 0.5) is 33.5 Å². The molecule has 0 bridgehead atoms. The fourth-order valence-corrected chi connectivity index (χ4v) is 10.3. The van der Waals surface area contributed by atoms with Crippen LogP contribution in [0.2, 0.25) is 0 Å². The second-order valence-electron chi connectivity index (χ2n) is 16.0. The Kier molecular flexibility index (Phi) is 9.69. The number of non-ortho nitro benzene ring substituents is 1. The first-order valence-corrected chi connectivity index (χ1v) is 18.1. The van der Waals surface area contributed by atoms with E-state index in [1.54, 1.807) is 0 Å². The number of rotatable bonds is 10. The van der Waals surface area contributed by atoms with Gasteiger partial charge in [0.05, 0.1) is 10.6 Å². The highest BCUT2D eigenvalue weighted by Crippen LogP contribution is 2.67. The number of allylic oxidation sites excluding steroid dienone is 1. The lowest BCUT2D eigenvalue weighted by Crippen LogP contribution is -2.51. The number of nitrogens with zero attached hydrogens (tertiary/aromatic N) is 4. The van der Waals surface area contributed by atoms with Gasteiger partial charge in [-0.05, 0) is 103 Å². The predicted molar refractivity (Wildman–Crippen MR) is 187 cm³/mol. The molecule has 0 saturated heterocycles. The van der Waals surface area contributed by atoms with Crippen LogP contribution >= 0.6 is 0 Å². The van der Waals surface area contributed by atoms with Crippen LogP contribution in [0.5, 0.6) is 0 Å². The Morgan fingerprint density at radius 1 is 1.10 bits per heavy atom. The van der Waals surface area contributed by atoms with Crippen molar-refractivity contribution in [2.24, 2.45) is 56.6 Å². The van der Waals surface area contributed by atoms with Gasteiger partial charge in [0.1, 0.15) is 11.9 Å². The molecular weight excluding hydrogens is 606 g/mol. The maximum atomic E-state index is 13.0.